The predicted molar refractivity (Wildman–Crippen MR) is 94.9 cm³/mol. The zero-order valence-corrected chi connectivity index (χ0v) is 15.6. The summed E-state index contributed by atoms with van der Waals surface area (Å²) in [6, 6.07) is -0.0600. The Hall–Kier alpha value is -1.38. The van der Waals surface area contributed by atoms with Gasteiger partial charge in [0.1, 0.15) is 0 Å². The van der Waals surface area contributed by atoms with Gasteiger partial charge in [0.15, 0.2) is 0 Å². The average molecular weight is 369 g/mol. The van der Waals surface area contributed by atoms with Gasteiger partial charge in [-0.25, -0.2) is 4.79 Å². The molecule has 8 nitrogen and oxygen atoms in total. The molecule has 2 N–H and O–H groups in total. The zero-order chi connectivity index (χ0) is 18.7. The molecule has 0 radical (unpaired) electrons. The fraction of sp³-hybridized carbons (Fsp3) is 0.889. The van der Waals surface area contributed by atoms with Gasteiger partial charge in [-0.1, -0.05) is 0 Å². The van der Waals surface area contributed by atoms with Crippen molar-refractivity contribution >= 4 is 12.0 Å². The Bertz CT molecular complexity index is 525. The quantitative estimate of drug-likeness (QED) is 0.706. The minimum absolute atomic E-state index is 0.00795. The van der Waals surface area contributed by atoms with Crippen LogP contribution >= 0.6 is 0 Å². The van der Waals surface area contributed by atoms with Crippen molar-refractivity contribution in [1.82, 2.24) is 14.7 Å². The number of hydrogen-bond acceptors (Lipinski definition) is 5. The van der Waals surface area contributed by atoms with Crippen molar-refractivity contribution in [2.45, 2.75) is 44.2 Å². The second-order valence-electron chi connectivity index (χ2n) is 7.93. The number of rotatable bonds is 6. The minimum Gasteiger partial charge on any atom is -0.465 e. The topological polar surface area (TPSA) is 93.6 Å². The molecule has 1 saturated carbocycles. The van der Waals surface area contributed by atoms with Crippen LogP contribution in [0, 0.1) is 5.41 Å². The van der Waals surface area contributed by atoms with E-state index >= 15 is 0 Å². The molecule has 1 unspecified atom stereocenters. The molecular weight excluding hydrogens is 338 g/mol. The number of piperidine rings is 1. The number of carbonyl (C=O) groups excluding carboxylic acids is 1. The lowest BCUT2D eigenvalue weighted by Crippen LogP contribution is -2.49. The van der Waals surface area contributed by atoms with Crippen LogP contribution in [0.25, 0.3) is 0 Å². The Labute approximate surface area is 154 Å². The first-order valence-electron chi connectivity index (χ1n) is 9.62. The molecular formula is C18H31N3O5. The number of β-amino-alcohol motifs (C(OH)–C–C–N with tert-alkyl or cyclic N) is 1. The second kappa shape index (κ2) is 8.10. The smallest absolute Gasteiger partial charge is 0.407 e. The Kier molecular flexibility index (Phi) is 6.04. The van der Waals surface area contributed by atoms with E-state index in [1.165, 1.54) is 4.90 Å². The molecule has 0 bridgehead atoms. The summed E-state index contributed by atoms with van der Waals surface area (Å²) in [6.45, 7) is 3.96. The van der Waals surface area contributed by atoms with Gasteiger partial charge in [0.05, 0.1) is 18.8 Å². The van der Waals surface area contributed by atoms with E-state index in [1.54, 1.807) is 12.0 Å². The molecule has 3 rings (SSSR count). The maximum atomic E-state index is 12.5. The number of carboxylic acid groups (broad SMARTS) is 1. The maximum absolute atomic E-state index is 12.5. The fourth-order valence-electron chi connectivity index (χ4n) is 4.29. The van der Waals surface area contributed by atoms with Gasteiger partial charge in [0.25, 0.3) is 0 Å². The van der Waals surface area contributed by atoms with E-state index in [0.29, 0.717) is 26.2 Å². The zero-order valence-electron chi connectivity index (χ0n) is 15.6. The van der Waals surface area contributed by atoms with Crippen LogP contribution in [0.2, 0.25) is 0 Å². The first-order valence-corrected chi connectivity index (χ1v) is 9.62. The summed E-state index contributed by atoms with van der Waals surface area (Å²) in [6.07, 6.45) is 3.14. The molecule has 1 aliphatic carbocycles. The van der Waals surface area contributed by atoms with E-state index in [2.05, 4.69) is 4.90 Å². The molecule has 2 heterocycles. The molecule has 8 heteroatoms. The lowest BCUT2D eigenvalue weighted by atomic mass is 9.90. The number of aliphatic hydroxyl groups excluding tert-OH is 1. The fourth-order valence-corrected chi connectivity index (χ4v) is 4.29. The van der Waals surface area contributed by atoms with E-state index in [-0.39, 0.29) is 36.4 Å². The van der Waals surface area contributed by atoms with Crippen LogP contribution < -0.4 is 0 Å². The van der Waals surface area contributed by atoms with Crippen LogP contribution in [0.15, 0.2) is 0 Å². The molecule has 148 valence electrons. The van der Waals surface area contributed by atoms with Gasteiger partial charge in [-0.3, -0.25) is 4.79 Å². The van der Waals surface area contributed by atoms with Crippen LogP contribution in [0.5, 0.6) is 0 Å². The lowest BCUT2D eigenvalue weighted by Gasteiger charge is -2.38. The molecule has 0 aromatic carbocycles. The van der Waals surface area contributed by atoms with Gasteiger partial charge < -0.3 is 29.6 Å². The highest BCUT2D eigenvalue weighted by atomic mass is 16.5. The summed E-state index contributed by atoms with van der Waals surface area (Å²) < 4.78 is 5.33. The number of ether oxygens (including phenoxy) is 1. The summed E-state index contributed by atoms with van der Waals surface area (Å²) in [5.41, 5.74) is 0.198. The molecule has 26 heavy (non-hydrogen) atoms. The third kappa shape index (κ3) is 4.29. The predicted octanol–water partition coefficient (Wildman–Crippen LogP) is 0.451. The average Bonchev–Trinajstić information content (AvgIpc) is 3.40. The summed E-state index contributed by atoms with van der Waals surface area (Å²) >= 11 is 0. The third-order valence-corrected chi connectivity index (χ3v) is 6.33. The van der Waals surface area contributed by atoms with Crippen molar-refractivity contribution in [3.05, 3.63) is 0 Å². The van der Waals surface area contributed by atoms with Gasteiger partial charge in [-0.15, -0.1) is 0 Å². The number of amides is 2. The number of likely N-dealkylation sites (tertiary alicyclic amines) is 1. The largest absolute Gasteiger partial charge is 0.465 e. The summed E-state index contributed by atoms with van der Waals surface area (Å²) in [7, 11) is 1.63. The minimum atomic E-state index is -0.973. The van der Waals surface area contributed by atoms with Crippen LogP contribution in [0.3, 0.4) is 0 Å². The Morgan fingerprint density at radius 1 is 1.27 bits per heavy atom. The summed E-state index contributed by atoms with van der Waals surface area (Å²) in [5, 5.41) is 19.5. The summed E-state index contributed by atoms with van der Waals surface area (Å²) in [4.78, 5) is 29.0. The Morgan fingerprint density at radius 3 is 2.65 bits per heavy atom. The van der Waals surface area contributed by atoms with Gasteiger partial charge in [0, 0.05) is 46.3 Å². The van der Waals surface area contributed by atoms with Crippen LogP contribution in [0.1, 0.15) is 32.1 Å². The highest BCUT2D eigenvalue weighted by Crippen LogP contribution is 2.53. The van der Waals surface area contributed by atoms with Crippen LogP contribution in [-0.4, -0.2) is 102 Å². The number of methoxy groups -OCH3 is 1. The molecule has 3 aliphatic rings. The van der Waals surface area contributed by atoms with E-state index < -0.39 is 6.09 Å². The molecule has 0 aromatic heterocycles. The number of aliphatic hydroxyl groups is 1. The molecule has 2 atom stereocenters. The molecule has 2 amide bonds. The van der Waals surface area contributed by atoms with Gasteiger partial charge in [-0.2, -0.15) is 0 Å². The van der Waals surface area contributed by atoms with Crippen molar-refractivity contribution in [3.63, 3.8) is 0 Å². The molecule has 2 aliphatic heterocycles. The van der Waals surface area contributed by atoms with E-state index in [9.17, 15) is 14.7 Å². The van der Waals surface area contributed by atoms with Crippen molar-refractivity contribution in [1.29, 1.82) is 0 Å². The highest BCUT2D eigenvalue weighted by molar-refractivity contribution is 5.78. The van der Waals surface area contributed by atoms with Gasteiger partial charge in [0.2, 0.25) is 5.91 Å². The Balaban J connectivity index is 1.54. The van der Waals surface area contributed by atoms with Crippen LogP contribution in [0.4, 0.5) is 4.79 Å². The van der Waals surface area contributed by atoms with E-state index in [1.807, 2.05) is 0 Å². The number of nitrogens with zero attached hydrogens (tertiary/aromatic N) is 3. The van der Waals surface area contributed by atoms with Crippen molar-refractivity contribution in [3.8, 4) is 0 Å². The van der Waals surface area contributed by atoms with Gasteiger partial charge in [-0.05, 0) is 37.6 Å². The van der Waals surface area contributed by atoms with E-state index in [4.69, 9.17) is 9.84 Å². The highest BCUT2D eigenvalue weighted by Gasteiger charge is 2.51. The van der Waals surface area contributed by atoms with Crippen molar-refractivity contribution < 1.29 is 24.5 Å². The number of carbonyl (C=O) groups is 2. The normalized spacial score (nSPS) is 27.5. The molecule has 3 fully saturated rings. The summed E-state index contributed by atoms with van der Waals surface area (Å²) in [5.74, 6) is -0.00795. The molecule has 0 aromatic rings. The first kappa shape index (κ1) is 19.4. The molecule has 2 saturated heterocycles. The lowest BCUT2D eigenvalue weighted by molar-refractivity contribution is -0.134. The first-order chi connectivity index (χ1) is 12.4. The van der Waals surface area contributed by atoms with E-state index in [0.717, 1.165) is 38.8 Å². The monoisotopic (exact) mass is 369 g/mol. The maximum Gasteiger partial charge on any atom is 0.407 e. The van der Waals surface area contributed by atoms with Crippen molar-refractivity contribution in [2.24, 2.45) is 5.41 Å². The van der Waals surface area contributed by atoms with Crippen molar-refractivity contribution in [2.75, 3.05) is 53.0 Å². The van der Waals surface area contributed by atoms with Gasteiger partial charge >= 0.3 is 6.09 Å². The van der Waals surface area contributed by atoms with Crippen LogP contribution in [-0.2, 0) is 9.53 Å². The SMILES string of the molecule is COC[C@@H](CCN1CCC2(CC2)C(O)C1)N1CCN(C(=O)O)CCC1=O. The Morgan fingerprint density at radius 2 is 2.04 bits per heavy atom. The third-order valence-electron chi connectivity index (χ3n) is 6.33. The standard InChI is InChI=1S/C18H31N3O5/c1-26-13-14(21-11-10-20(17(24)25)8-3-16(21)23)2-7-19-9-6-18(4-5-18)15(22)12-19/h14-15,22H,2-13H2,1H3,(H,24,25)/t14-,15?/m1/s1. The number of hydrogen-bond donors (Lipinski definition) is 2. The molecule has 1 spiro atoms. The second-order valence-corrected chi connectivity index (χ2v) is 7.93.